The van der Waals surface area contributed by atoms with E-state index in [1.54, 1.807) is 0 Å². The molecule has 4 unspecified atom stereocenters. The van der Waals surface area contributed by atoms with Gasteiger partial charge in [0.2, 0.25) is 0 Å². The molecule has 3 saturated carbocycles. The number of ether oxygens (including phenoxy) is 11. The molecule has 9 aliphatic rings. The number of allylic oxidation sites excluding steroid dienone is 1. The van der Waals surface area contributed by atoms with E-state index in [4.69, 9.17) is 52.1 Å². The van der Waals surface area contributed by atoms with Crippen LogP contribution in [0.4, 0.5) is 0 Å². The summed E-state index contributed by atoms with van der Waals surface area (Å²) in [6.07, 6.45) is -37.7. The van der Waals surface area contributed by atoms with Crippen molar-refractivity contribution in [3.8, 4) is 0 Å². The monoisotopic (exact) mass is 1310 g/mol. The Balaban J connectivity index is 0.904. The van der Waals surface area contributed by atoms with Crippen molar-refractivity contribution in [2.45, 2.75) is 284 Å². The molecule has 0 aromatic heterocycles. The van der Waals surface area contributed by atoms with E-state index in [9.17, 15) is 96.7 Å². The Labute approximate surface area is 528 Å². The molecule has 9 rings (SSSR count). The zero-order valence-corrected chi connectivity index (χ0v) is 52.8. The van der Waals surface area contributed by atoms with E-state index in [0.717, 1.165) is 18.4 Å². The summed E-state index contributed by atoms with van der Waals surface area (Å²) >= 11 is 0. The first-order chi connectivity index (χ1) is 42.7. The lowest BCUT2D eigenvalue weighted by atomic mass is 9.38. The van der Waals surface area contributed by atoms with Crippen molar-refractivity contribution in [2.75, 3.05) is 33.0 Å². The highest BCUT2D eigenvalue weighted by Crippen LogP contribution is 2.75. The Morgan fingerprint density at radius 2 is 1.00 bits per heavy atom. The van der Waals surface area contributed by atoms with Crippen LogP contribution in [0.1, 0.15) is 107 Å². The molecule has 0 aromatic rings. The molecule has 91 heavy (non-hydrogen) atoms. The summed E-state index contributed by atoms with van der Waals surface area (Å²) in [5.41, 5.74) is -2.63. The number of hydrogen-bond donors (Lipinski definition) is 18. The number of fused-ring (bicyclic) bond motifs is 5. The fraction of sp³-hybridized carbons (Fsp3) is 0.951. The van der Waals surface area contributed by atoms with Crippen molar-refractivity contribution in [1.82, 2.24) is 0 Å². The van der Waals surface area contributed by atoms with E-state index in [1.807, 2.05) is 13.8 Å². The van der Waals surface area contributed by atoms with Gasteiger partial charge in [-0.3, -0.25) is 4.79 Å². The van der Waals surface area contributed by atoms with Crippen LogP contribution in [0.15, 0.2) is 11.6 Å². The molecule has 8 fully saturated rings. The highest BCUT2D eigenvalue weighted by atomic mass is 16.8. The second-order valence-electron chi connectivity index (χ2n) is 28.9. The van der Waals surface area contributed by atoms with Gasteiger partial charge in [-0.15, -0.1) is 0 Å². The molecule has 30 heteroatoms. The third-order valence-corrected chi connectivity index (χ3v) is 23.1. The average molecular weight is 1320 g/mol. The molecule has 5 heterocycles. The summed E-state index contributed by atoms with van der Waals surface area (Å²) in [6, 6.07) is 0. The molecule has 526 valence electrons. The Bertz CT molecular complexity index is 2410. The second-order valence-corrected chi connectivity index (χ2v) is 28.9. The van der Waals surface area contributed by atoms with Crippen molar-refractivity contribution < 1.29 is 149 Å². The van der Waals surface area contributed by atoms with Gasteiger partial charge in [-0.2, -0.15) is 0 Å². The van der Waals surface area contributed by atoms with Crippen LogP contribution < -0.4 is 0 Å². The number of hydrogen-bond acceptors (Lipinski definition) is 30. The van der Waals surface area contributed by atoms with Crippen LogP contribution >= 0.6 is 0 Å². The van der Waals surface area contributed by atoms with Gasteiger partial charge < -0.3 is 144 Å². The predicted octanol–water partition coefficient (Wildman–Crippen LogP) is -5.23. The lowest BCUT2D eigenvalue weighted by molar-refractivity contribution is -0.380. The fourth-order valence-electron chi connectivity index (χ4n) is 17.2. The first kappa shape index (κ1) is 73.3. The molecular formula is C61H102O30. The normalized spacial score (nSPS) is 50.8. The maximum absolute atomic E-state index is 12.7. The molecule has 0 radical (unpaired) electrons. The van der Waals surface area contributed by atoms with Gasteiger partial charge in [0.1, 0.15) is 128 Å². The SMILES string of the molecule is C[C@H](CC[C@@H](O[C@@H]1O[C@H](CO[C@@H]2O[C@H](CO)[C@@H](O)[C@H](O)[C@H]2O)[C@@H](O)[C@H](O)[C@H]1OC1O[C@@H](CO)[C@H](O)[C@@H](O)[C@@H]1O)C(C)(C)O)C1CC[C@@]2(C)C3CC=C4C(CC[C@H](O[C@@H]5O[C@H](CO[C@@H]6O[C@H](CO)[C@@H](O)[C@H](O)[C@H]6O)[C@@H](O)[C@H](O)[C@H]5O)C4(C)C)[C@]3(C)[C@H](OC=O)C[C@]12C. The van der Waals surface area contributed by atoms with E-state index in [0.29, 0.717) is 38.6 Å². The van der Waals surface area contributed by atoms with Gasteiger partial charge in [-0.05, 0) is 99.7 Å². The van der Waals surface area contributed by atoms with Gasteiger partial charge in [0, 0.05) is 10.8 Å². The molecule has 0 aromatic carbocycles. The standard InChI is InChI=1S/C61H102O30/c1-24(9-13-35(58(4,5)80)90-56-51(91-55-50(79)44(73)39(68)30(20-64)86-55)46(75)41(70)32(88-56)22-82-53-48(77)43(72)38(67)29(19-63)85-53)25-15-16-59(6)33-12-10-26-27(61(33,8)36(83-23-65)17-60(25,59)7)11-14-34(57(26,2)3)89-54-49(78)45(74)40(69)31(87-54)21-81-52-47(76)42(71)37(66)28(18-62)84-52/h10,23-25,27-56,62-64,66-80H,9,11-22H2,1-8H3/t24-,25?,27?,28-,29-,30+,31-,32-,33?,34+,35-,36-,37-,38-,39+,40-,41-,42+,43+,44-,45+,46+,47-,48-,49-,50+,51-,52-,53-,54+,55?,56+,59+,60-,61+/m1/s1. The number of rotatable bonds is 22. The molecule has 0 spiro atoms. The molecular weight excluding hydrogens is 1210 g/mol. The molecule has 4 aliphatic carbocycles. The summed E-state index contributed by atoms with van der Waals surface area (Å²) < 4.78 is 65.7. The number of carbonyl (C=O) groups excluding carboxylic acids is 1. The molecule has 0 amide bonds. The highest BCUT2D eigenvalue weighted by Gasteiger charge is 2.71. The van der Waals surface area contributed by atoms with Crippen molar-refractivity contribution in [3.05, 3.63) is 11.6 Å². The largest absolute Gasteiger partial charge is 0.464 e. The number of carbonyl (C=O) groups is 1. The van der Waals surface area contributed by atoms with Crippen molar-refractivity contribution in [2.24, 2.45) is 45.3 Å². The zero-order valence-electron chi connectivity index (χ0n) is 52.8. The van der Waals surface area contributed by atoms with Crippen molar-refractivity contribution in [3.63, 3.8) is 0 Å². The van der Waals surface area contributed by atoms with E-state index >= 15 is 0 Å². The molecule has 35 atom stereocenters. The van der Waals surface area contributed by atoms with Crippen LogP contribution in [0.3, 0.4) is 0 Å². The van der Waals surface area contributed by atoms with Crippen molar-refractivity contribution in [1.29, 1.82) is 0 Å². The molecule has 0 bridgehead atoms. The van der Waals surface area contributed by atoms with E-state index in [-0.39, 0.29) is 35.5 Å². The third-order valence-electron chi connectivity index (χ3n) is 23.1. The summed E-state index contributed by atoms with van der Waals surface area (Å²) in [7, 11) is 0. The average Bonchev–Trinajstić information content (AvgIpc) is 1.66. The molecule has 30 nitrogen and oxygen atoms in total. The quantitative estimate of drug-likeness (QED) is 0.0356. The highest BCUT2D eigenvalue weighted by molar-refractivity contribution is 5.40. The van der Waals surface area contributed by atoms with Crippen LogP contribution in [0.5, 0.6) is 0 Å². The van der Waals surface area contributed by atoms with Crippen LogP contribution in [0.2, 0.25) is 0 Å². The lowest BCUT2D eigenvalue weighted by Crippen LogP contribution is -2.65. The molecule has 5 saturated heterocycles. The van der Waals surface area contributed by atoms with E-state index in [1.165, 1.54) is 13.8 Å². The minimum atomic E-state index is -1.97. The van der Waals surface area contributed by atoms with Crippen LogP contribution in [-0.4, -0.2) is 309 Å². The predicted molar refractivity (Wildman–Crippen MR) is 305 cm³/mol. The lowest BCUT2D eigenvalue weighted by Gasteiger charge is -2.67. The fourth-order valence-corrected chi connectivity index (χ4v) is 17.2. The summed E-state index contributed by atoms with van der Waals surface area (Å²) in [6.45, 7) is 13.0. The summed E-state index contributed by atoms with van der Waals surface area (Å²) in [4.78, 5) is 12.7. The maximum atomic E-state index is 12.7. The van der Waals surface area contributed by atoms with Gasteiger partial charge in [-0.1, -0.05) is 53.2 Å². The van der Waals surface area contributed by atoms with Gasteiger partial charge in [0.25, 0.3) is 6.47 Å². The molecule has 5 aliphatic heterocycles. The first-order valence-electron chi connectivity index (χ1n) is 32.0. The topological polar surface area (TPSA) is 483 Å². The minimum Gasteiger partial charge on any atom is -0.464 e. The third kappa shape index (κ3) is 13.5. The van der Waals surface area contributed by atoms with Gasteiger partial charge >= 0.3 is 0 Å². The van der Waals surface area contributed by atoms with E-state index < -0.39 is 227 Å². The second kappa shape index (κ2) is 28.5. The summed E-state index contributed by atoms with van der Waals surface area (Å²) in [5, 5.41) is 193. The van der Waals surface area contributed by atoms with Crippen LogP contribution in [-0.2, 0) is 56.9 Å². The van der Waals surface area contributed by atoms with Gasteiger partial charge in [0.05, 0.1) is 50.8 Å². The smallest absolute Gasteiger partial charge is 0.293 e. The molecule has 18 N–H and O–H groups in total. The zero-order chi connectivity index (χ0) is 66.9. The Morgan fingerprint density at radius 3 is 1.49 bits per heavy atom. The minimum absolute atomic E-state index is 0.00320. The van der Waals surface area contributed by atoms with E-state index in [2.05, 4.69) is 33.8 Å². The number of aliphatic hydroxyl groups excluding tert-OH is 17. The summed E-state index contributed by atoms with van der Waals surface area (Å²) in [5.74, 6) is -0.140. The van der Waals surface area contributed by atoms with Crippen molar-refractivity contribution >= 4 is 6.47 Å². The van der Waals surface area contributed by atoms with Gasteiger partial charge in [0.15, 0.2) is 31.5 Å². The number of aliphatic hydroxyl groups is 18. The Kier molecular flexibility index (Phi) is 23.0. The van der Waals surface area contributed by atoms with Crippen LogP contribution in [0, 0.1) is 45.3 Å². The Morgan fingerprint density at radius 1 is 0.549 bits per heavy atom. The maximum Gasteiger partial charge on any atom is 0.293 e. The van der Waals surface area contributed by atoms with Gasteiger partial charge in [-0.25, -0.2) is 0 Å². The Hall–Kier alpha value is -1.91. The first-order valence-corrected chi connectivity index (χ1v) is 32.0. The van der Waals surface area contributed by atoms with Crippen LogP contribution in [0.25, 0.3) is 0 Å².